The zero-order valence-corrected chi connectivity index (χ0v) is 19.3. The highest BCUT2D eigenvalue weighted by molar-refractivity contribution is 7.13. The van der Waals surface area contributed by atoms with Crippen molar-refractivity contribution in [1.29, 1.82) is 0 Å². The lowest BCUT2D eigenvalue weighted by Gasteiger charge is -2.45. The molecular formula is C22H31N3O4S. The summed E-state index contributed by atoms with van der Waals surface area (Å²) in [4.78, 5) is 19.6. The Balaban J connectivity index is 1.65. The van der Waals surface area contributed by atoms with Crippen molar-refractivity contribution in [2.75, 3.05) is 33.9 Å². The number of nitrogens with one attached hydrogen (secondary N) is 1. The van der Waals surface area contributed by atoms with E-state index in [1.807, 2.05) is 18.2 Å². The van der Waals surface area contributed by atoms with E-state index in [0.717, 1.165) is 23.7 Å². The highest BCUT2D eigenvalue weighted by Crippen LogP contribution is 2.33. The number of nitrogens with zero attached hydrogens (tertiary/aromatic N) is 2. The molecule has 1 saturated heterocycles. The average molecular weight is 434 g/mol. The Morgan fingerprint density at radius 2 is 1.90 bits per heavy atom. The topological polar surface area (TPSA) is 72.9 Å². The first kappa shape index (κ1) is 22.5. The minimum atomic E-state index is -0.176. The number of hydrogen-bond acceptors (Lipinski definition) is 7. The van der Waals surface area contributed by atoms with E-state index in [9.17, 15) is 4.79 Å². The molecule has 0 saturated carbocycles. The predicted molar refractivity (Wildman–Crippen MR) is 119 cm³/mol. The van der Waals surface area contributed by atoms with Crippen molar-refractivity contribution >= 4 is 17.2 Å². The van der Waals surface area contributed by atoms with E-state index in [2.05, 4.69) is 42.9 Å². The standard InChI is InChI=1S/C22H31N3O4S/c1-14-10-25(11-15(2)29-14)22(3,4)13-23-20(26)17-12-30-21(24-17)16-7-8-18(27-5)19(9-16)28-6/h7-9,12,14-15H,10-11,13H2,1-6H3,(H,23,26). The number of methoxy groups -OCH3 is 2. The number of thiazole rings is 1. The zero-order valence-electron chi connectivity index (χ0n) is 18.5. The van der Waals surface area contributed by atoms with Crippen LogP contribution in [0.3, 0.4) is 0 Å². The lowest BCUT2D eigenvalue weighted by atomic mass is 10.00. The van der Waals surface area contributed by atoms with Gasteiger partial charge in [-0.1, -0.05) is 0 Å². The van der Waals surface area contributed by atoms with Gasteiger partial charge in [-0.25, -0.2) is 4.98 Å². The number of hydrogen-bond donors (Lipinski definition) is 1. The Morgan fingerprint density at radius 1 is 1.23 bits per heavy atom. The van der Waals surface area contributed by atoms with Gasteiger partial charge in [-0.3, -0.25) is 9.69 Å². The van der Waals surface area contributed by atoms with Crippen molar-refractivity contribution in [2.24, 2.45) is 0 Å². The molecular weight excluding hydrogens is 402 g/mol. The van der Waals surface area contributed by atoms with Crippen LogP contribution >= 0.6 is 11.3 Å². The molecule has 8 heteroatoms. The summed E-state index contributed by atoms with van der Waals surface area (Å²) < 4.78 is 16.5. The van der Waals surface area contributed by atoms with Crippen LogP contribution in [-0.2, 0) is 4.74 Å². The van der Waals surface area contributed by atoms with Crippen LogP contribution in [0.2, 0.25) is 0 Å². The summed E-state index contributed by atoms with van der Waals surface area (Å²) >= 11 is 1.43. The van der Waals surface area contributed by atoms with Crippen molar-refractivity contribution < 1.29 is 19.0 Å². The molecule has 0 aliphatic carbocycles. The SMILES string of the molecule is COc1ccc(-c2nc(C(=O)NCC(C)(C)N3CC(C)OC(C)C3)cs2)cc1OC. The molecule has 7 nitrogen and oxygen atoms in total. The third-order valence-electron chi connectivity index (χ3n) is 5.32. The third kappa shape index (κ3) is 5.11. The highest BCUT2D eigenvalue weighted by atomic mass is 32.1. The van der Waals surface area contributed by atoms with Gasteiger partial charge in [0.1, 0.15) is 10.7 Å². The first-order valence-electron chi connectivity index (χ1n) is 10.1. The minimum absolute atomic E-state index is 0.166. The van der Waals surface area contributed by atoms with Gasteiger partial charge in [0, 0.05) is 36.1 Å². The van der Waals surface area contributed by atoms with Crippen LogP contribution in [0, 0.1) is 0 Å². The number of carbonyl (C=O) groups excluding carboxylic acids is 1. The van der Waals surface area contributed by atoms with Crippen LogP contribution in [0.4, 0.5) is 0 Å². The van der Waals surface area contributed by atoms with Crippen LogP contribution in [0.25, 0.3) is 10.6 Å². The van der Waals surface area contributed by atoms with Gasteiger partial charge >= 0.3 is 0 Å². The number of ether oxygens (including phenoxy) is 3. The van der Waals surface area contributed by atoms with Crippen LogP contribution in [0.5, 0.6) is 11.5 Å². The quantitative estimate of drug-likeness (QED) is 0.721. The molecule has 2 unspecified atom stereocenters. The summed E-state index contributed by atoms with van der Waals surface area (Å²) in [6.45, 7) is 10.7. The van der Waals surface area contributed by atoms with Crippen molar-refractivity contribution in [3.8, 4) is 22.1 Å². The van der Waals surface area contributed by atoms with Crippen molar-refractivity contribution in [3.05, 3.63) is 29.3 Å². The second-order valence-electron chi connectivity index (χ2n) is 8.27. The maximum atomic E-state index is 12.7. The van der Waals surface area contributed by atoms with Crippen molar-refractivity contribution in [1.82, 2.24) is 15.2 Å². The molecule has 2 aromatic rings. The summed E-state index contributed by atoms with van der Waals surface area (Å²) in [5.41, 5.74) is 1.13. The molecule has 1 amide bonds. The molecule has 3 rings (SSSR count). The second-order valence-corrected chi connectivity index (χ2v) is 9.12. The van der Waals surface area contributed by atoms with Crippen LogP contribution in [0.15, 0.2) is 23.6 Å². The Labute approximate surface area is 182 Å². The number of aromatic nitrogens is 1. The van der Waals surface area contributed by atoms with Gasteiger partial charge in [0.2, 0.25) is 0 Å². The lowest BCUT2D eigenvalue weighted by Crippen LogP contribution is -2.58. The second kappa shape index (κ2) is 9.32. The Bertz CT molecular complexity index is 873. The largest absolute Gasteiger partial charge is 0.493 e. The summed E-state index contributed by atoms with van der Waals surface area (Å²) in [7, 11) is 3.20. The van der Waals surface area contributed by atoms with E-state index < -0.39 is 0 Å². The summed E-state index contributed by atoms with van der Waals surface area (Å²) in [5.74, 6) is 1.12. The zero-order chi connectivity index (χ0) is 21.9. The molecule has 1 aromatic heterocycles. The molecule has 30 heavy (non-hydrogen) atoms. The van der Waals surface area contributed by atoms with E-state index in [1.54, 1.807) is 19.6 Å². The predicted octanol–water partition coefficient (Wildman–Crippen LogP) is 3.44. The molecule has 2 atom stereocenters. The maximum Gasteiger partial charge on any atom is 0.270 e. The molecule has 0 spiro atoms. The number of carbonyl (C=O) groups is 1. The summed E-state index contributed by atoms with van der Waals surface area (Å²) in [6.07, 6.45) is 0.373. The first-order valence-corrected chi connectivity index (χ1v) is 11.0. The Hall–Kier alpha value is -2.16. The fourth-order valence-electron chi connectivity index (χ4n) is 3.65. The maximum absolute atomic E-state index is 12.7. The van der Waals surface area contributed by atoms with Gasteiger partial charge in [0.15, 0.2) is 11.5 Å². The van der Waals surface area contributed by atoms with Gasteiger partial charge in [0.25, 0.3) is 5.91 Å². The van der Waals surface area contributed by atoms with Gasteiger partial charge in [0.05, 0.1) is 26.4 Å². The van der Waals surface area contributed by atoms with E-state index in [4.69, 9.17) is 14.2 Å². The Kier molecular flexibility index (Phi) is 7.00. The molecule has 2 heterocycles. The van der Waals surface area contributed by atoms with Gasteiger partial charge < -0.3 is 19.5 Å². The lowest BCUT2D eigenvalue weighted by molar-refractivity contribution is -0.0948. The van der Waals surface area contributed by atoms with Gasteiger partial charge in [-0.2, -0.15) is 0 Å². The summed E-state index contributed by atoms with van der Waals surface area (Å²) in [6, 6.07) is 5.61. The van der Waals surface area contributed by atoms with Crippen LogP contribution in [-0.4, -0.2) is 67.4 Å². The van der Waals surface area contributed by atoms with Gasteiger partial charge in [-0.05, 0) is 45.9 Å². The van der Waals surface area contributed by atoms with E-state index in [1.165, 1.54) is 11.3 Å². The third-order valence-corrected chi connectivity index (χ3v) is 6.22. The number of amides is 1. The molecule has 0 radical (unpaired) electrons. The molecule has 1 aromatic carbocycles. The van der Waals surface area contributed by atoms with Crippen LogP contribution < -0.4 is 14.8 Å². The normalized spacial score (nSPS) is 20.1. The number of rotatable bonds is 7. The molecule has 0 bridgehead atoms. The first-order chi connectivity index (χ1) is 14.2. The molecule has 1 N–H and O–H groups in total. The average Bonchev–Trinajstić information content (AvgIpc) is 3.21. The minimum Gasteiger partial charge on any atom is -0.493 e. The monoisotopic (exact) mass is 433 g/mol. The van der Waals surface area contributed by atoms with E-state index in [0.29, 0.717) is 23.7 Å². The van der Waals surface area contributed by atoms with Crippen molar-refractivity contribution in [3.63, 3.8) is 0 Å². The smallest absolute Gasteiger partial charge is 0.270 e. The fraction of sp³-hybridized carbons (Fsp3) is 0.545. The summed E-state index contributed by atoms with van der Waals surface area (Å²) in [5, 5.41) is 5.60. The van der Waals surface area contributed by atoms with Gasteiger partial charge in [-0.15, -0.1) is 11.3 Å². The Morgan fingerprint density at radius 3 is 2.53 bits per heavy atom. The molecule has 1 aliphatic rings. The molecule has 1 fully saturated rings. The number of morpholine rings is 1. The molecule has 1 aliphatic heterocycles. The van der Waals surface area contributed by atoms with E-state index in [-0.39, 0.29) is 23.7 Å². The fourth-order valence-corrected chi connectivity index (χ4v) is 4.45. The highest BCUT2D eigenvalue weighted by Gasteiger charge is 2.33. The number of benzene rings is 1. The molecule has 164 valence electrons. The van der Waals surface area contributed by atoms with E-state index >= 15 is 0 Å². The van der Waals surface area contributed by atoms with Crippen molar-refractivity contribution in [2.45, 2.75) is 45.4 Å². The van der Waals surface area contributed by atoms with Crippen LogP contribution in [0.1, 0.15) is 38.2 Å².